The second kappa shape index (κ2) is 11.9. The van der Waals surface area contributed by atoms with Gasteiger partial charge in [0.2, 0.25) is 0 Å². The van der Waals surface area contributed by atoms with E-state index in [0.29, 0.717) is 0 Å². The number of fused-ring (bicyclic) bond motifs is 10. The van der Waals surface area contributed by atoms with Crippen molar-refractivity contribution in [1.82, 2.24) is 0 Å². The highest BCUT2D eigenvalue weighted by Crippen LogP contribution is 2.63. The van der Waals surface area contributed by atoms with Crippen molar-refractivity contribution in [2.24, 2.45) is 0 Å². The Morgan fingerprint density at radius 3 is 1.97 bits per heavy atom. The van der Waals surface area contributed by atoms with Gasteiger partial charge in [0.25, 0.3) is 6.71 Å². The minimum atomic E-state index is -0.107. The first-order chi connectivity index (χ1) is 28.1. The molecule has 0 radical (unpaired) electrons. The van der Waals surface area contributed by atoms with Gasteiger partial charge in [-0.2, -0.15) is 0 Å². The van der Waals surface area contributed by atoms with Crippen LogP contribution in [0.2, 0.25) is 0 Å². The highest BCUT2D eigenvalue weighted by molar-refractivity contribution is 7.26. The number of hydrogen-bond acceptors (Lipinski definition) is 3. The Morgan fingerprint density at radius 1 is 0.650 bits per heavy atom. The molecule has 0 saturated heterocycles. The van der Waals surface area contributed by atoms with Gasteiger partial charge in [-0.25, -0.2) is 0 Å². The Balaban J connectivity index is 1.31. The SMILES string of the molecule is C=C(C)c1cc2c3c(c1)N1c4cc5c(cc4C4(C)CCC(C)(C)c6ccc(c1c64)B3c1c(sc3ccc(C)cc13)N2c1ccc(C(C)(C)C)cc1C)C(C)(C)CCC5(C)C. The highest BCUT2D eigenvalue weighted by Gasteiger charge is 2.55. The fourth-order valence-corrected chi connectivity index (χ4v) is 13.5. The van der Waals surface area contributed by atoms with E-state index in [9.17, 15) is 0 Å². The lowest BCUT2D eigenvalue weighted by molar-refractivity contribution is 0.327. The van der Waals surface area contributed by atoms with E-state index in [1.165, 1.54) is 118 Å². The first-order valence-corrected chi connectivity index (χ1v) is 23.4. The molecule has 60 heavy (non-hydrogen) atoms. The number of hydrogen-bond donors (Lipinski definition) is 0. The molecule has 4 heteroatoms. The molecule has 3 aliphatic heterocycles. The number of allylic oxidation sites excluding steroid dienone is 1. The van der Waals surface area contributed by atoms with Crippen molar-refractivity contribution in [3.05, 3.63) is 129 Å². The monoisotopic (exact) mass is 804 g/mol. The van der Waals surface area contributed by atoms with Gasteiger partial charge in [-0.15, -0.1) is 11.3 Å². The van der Waals surface area contributed by atoms with Crippen LogP contribution in [0.25, 0.3) is 15.7 Å². The molecule has 5 aromatic carbocycles. The second-order valence-corrected chi connectivity index (χ2v) is 23.7. The molecule has 0 amide bonds. The van der Waals surface area contributed by atoms with Crippen molar-refractivity contribution in [1.29, 1.82) is 0 Å². The smallest absolute Gasteiger partial charge is 0.254 e. The molecule has 1 atom stereocenters. The molecule has 0 bridgehead atoms. The zero-order chi connectivity index (χ0) is 42.4. The minimum absolute atomic E-state index is 0.0617. The van der Waals surface area contributed by atoms with Gasteiger partial charge in [0.1, 0.15) is 0 Å². The Labute approximate surface area is 363 Å². The van der Waals surface area contributed by atoms with Gasteiger partial charge in [-0.05, 0) is 165 Å². The van der Waals surface area contributed by atoms with E-state index in [0.717, 1.165) is 12.0 Å². The van der Waals surface area contributed by atoms with Crippen molar-refractivity contribution in [2.45, 2.75) is 143 Å². The van der Waals surface area contributed by atoms with Crippen LogP contribution < -0.4 is 26.2 Å². The van der Waals surface area contributed by atoms with Crippen LogP contribution in [0.5, 0.6) is 0 Å². The molecule has 2 nitrogen and oxygen atoms in total. The van der Waals surface area contributed by atoms with Gasteiger partial charge in [0.15, 0.2) is 0 Å². The second-order valence-electron chi connectivity index (χ2n) is 22.7. The lowest BCUT2D eigenvalue weighted by Crippen LogP contribution is -2.62. The van der Waals surface area contributed by atoms with E-state index in [-0.39, 0.29) is 33.8 Å². The van der Waals surface area contributed by atoms with Gasteiger partial charge in [-0.3, -0.25) is 0 Å². The molecule has 11 rings (SSSR count). The van der Waals surface area contributed by atoms with E-state index in [4.69, 9.17) is 0 Å². The molecule has 5 aliphatic rings. The molecule has 304 valence electrons. The maximum absolute atomic E-state index is 4.64. The Morgan fingerprint density at radius 2 is 1.30 bits per heavy atom. The molecule has 0 saturated carbocycles. The predicted molar refractivity (Wildman–Crippen MR) is 263 cm³/mol. The molecule has 0 N–H and O–H groups in total. The van der Waals surface area contributed by atoms with Crippen LogP contribution in [0.3, 0.4) is 0 Å². The number of rotatable bonds is 2. The summed E-state index contributed by atoms with van der Waals surface area (Å²) in [5, 5.41) is 2.74. The van der Waals surface area contributed by atoms with Gasteiger partial charge >= 0.3 is 0 Å². The lowest BCUT2D eigenvalue weighted by Gasteiger charge is -2.55. The molecule has 2 aliphatic carbocycles. The van der Waals surface area contributed by atoms with Gasteiger partial charge in [0, 0.05) is 32.9 Å². The van der Waals surface area contributed by atoms with Crippen molar-refractivity contribution in [2.75, 3.05) is 9.80 Å². The zero-order valence-corrected chi connectivity index (χ0v) is 39.2. The molecule has 6 aromatic rings. The topological polar surface area (TPSA) is 6.48 Å². The largest absolute Gasteiger partial charge is 0.311 e. The van der Waals surface area contributed by atoms with Crippen molar-refractivity contribution >= 4 is 83.5 Å². The van der Waals surface area contributed by atoms with Crippen molar-refractivity contribution in [3.63, 3.8) is 0 Å². The Kier molecular flexibility index (Phi) is 7.60. The molecule has 0 fully saturated rings. The summed E-state index contributed by atoms with van der Waals surface area (Å²) >= 11 is 1.97. The van der Waals surface area contributed by atoms with Crippen molar-refractivity contribution in [3.8, 4) is 0 Å². The fraction of sp³-hybridized carbons (Fsp3) is 0.393. The third kappa shape index (κ3) is 4.95. The standard InChI is InChI=1S/C56H61BN2S/c1-31(2)34-27-44-49-45(28-34)59(42-19-16-35(26-33(42)4)52(5,6)7)51-48(36-25-32(3)15-20-46(36)60-51)57(49)41-18-17-37-47-50(41)58(44)43-30-39-38(54(10,11)21-22-55(39,12)13)29-40(43)56(47,14)24-23-53(37,8)9/h15-20,25-30H,1,21-24H2,2-14H3. The van der Waals surface area contributed by atoms with Gasteiger partial charge in [-0.1, -0.05) is 129 Å². The van der Waals surface area contributed by atoms with E-state index in [2.05, 4.69) is 179 Å². The third-order valence-corrected chi connectivity index (χ3v) is 17.3. The molecule has 1 unspecified atom stereocenters. The zero-order valence-electron chi connectivity index (χ0n) is 38.3. The Hall–Kier alpha value is -4.54. The van der Waals surface area contributed by atoms with Crippen LogP contribution in [-0.4, -0.2) is 6.71 Å². The summed E-state index contributed by atoms with van der Waals surface area (Å²) in [5.74, 6) is 0. The number of aryl methyl sites for hydroxylation is 2. The third-order valence-electron chi connectivity index (χ3n) is 16.1. The van der Waals surface area contributed by atoms with E-state index >= 15 is 0 Å². The number of nitrogens with zero attached hydrogens (tertiary/aromatic N) is 2. The maximum Gasteiger partial charge on any atom is 0.254 e. The molecular formula is C56H61BN2S. The summed E-state index contributed by atoms with van der Waals surface area (Å²) in [6, 6.07) is 29.9. The van der Waals surface area contributed by atoms with E-state index in [1.807, 2.05) is 11.3 Å². The summed E-state index contributed by atoms with van der Waals surface area (Å²) < 4.78 is 1.36. The van der Waals surface area contributed by atoms with Gasteiger partial charge in [0.05, 0.1) is 10.7 Å². The molecule has 0 spiro atoms. The molecular weight excluding hydrogens is 744 g/mol. The highest BCUT2D eigenvalue weighted by atomic mass is 32.1. The average molecular weight is 805 g/mol. The fourth-order valence-electron chi connectivity index (χ4n) is 12.3. The van der Waals surface area contributed by atoms with E-state index in [1.54, 1.807) is 11.1 Å². The number of anilines is 6. The summed E-state index contributed by atoms with van der Waals surface area (Å²) in [5.41, 5.74) is 25.3. The predicted octanol–water partition coefficient (Wildman–Crippen LogP) is 14.0. The van der Waals surface area contributed by atoms with Crippen LogP contribution in [-0.2, 0) is 27.1 Å². The van der Waals surface area contributed by atoms with Crippen LogP contribution >= 0.6 is 11.3 Å². The van der Waals surface area contributed by atoms with Crippen molar-refractivity contribution < 1.29 is 0 Å². The molecule has 4 heterocycles. The molecule has 1 aromatic heterocycles. The van der Waals surface area contributed by atoms with Crippen LogP contribution in [0, 0.1) is 13.8 Å². The first-order valence-electron chi connectivity index (χ1n) is 22.6. The maximum atomic E-state index is 4.64. The van der Waals surface area contributed by atoms with Gasteiger partial charge < -0.3 is 9.80 Å². The van der Waals surface area contributed by atoms with E-state index < -0.39 is 0 Å². The summed E-state index contributed by atoms with van der Waals surface area (Å²) in [6.45, 7) is 36.0. The minimum Gasteiger partial charge on any atom is -0.311 e. The average Bonchev–Trinajstić information content (AvgIpc) is 3.55. The normalized spacial score (nSPS) is 20.9. The van der Waals surface area contributed by atoms with Crippen LogP contribution in [0.1, 0.15) is 152 Å². The van der Waals surface area contributed by atoms with Crippen LogP contribution in [0.15, 0.2) is 79.4 Å². The number of thiophene rings is 1. The number of benzene rings is 5. The first kappa shape index (κ1) is 38.4. The quantitative estimate of drug-likeness (QED) is 0.161. The van der Waals surface area contributed by atoms with Crippen LogP contribution in [0.4, 0.5) is 33.4 Å². The summed E-state index contributed by atoms with van der Waals surface area (Å²) in [6.07, 6.45) is 4.72. The Bertz CT molecular complexity index is 2930. The summed E-state index contributed by atoms with van der Waals surface area (Å²) in [4.78, 5) is 5.43. The lowest BCUT2D eigenvalue weighted by atomic mass is 9.32. The summed E-state index contributed by atoms with van der Waals surface area (Å²) in [7, 11) is 0.